The Morgan fingerprint density at radius 3 is 2.54 bits per heavy atom. The third-order valence-corrected chi connectivity index (χ3v) is 4.50. The van der Waals surface area contributed by atoms with Crippen LogP contribution in [-0.4, -0.2) is 16.7 Å². The van der Waals surface area contributed by atoms with E-state index in [9.17, 15) is 0 Å². The first-order valence-electron chi connectivity index (χ1n) is 8.14. The van der Waals surface area contributed by atoms with E-state index >= 15 is 0 Å². The molecule has 1 atom stereocenters. The summed E-state index contributed by atoms with van der Waals surface area (Å²) in [6, 6.07) is 10.6. The SMILES string of the molecule is Cc1cc(C)c2c(n1)CC(c1ccccc1C)C/C2=N/N=C(N)N. The second-order valence-electron chi connectivity index (χ2n) is 6.44. The zero-order valence-corrected chi connectivity index (χ0v) is 14.4. The molecule has 1 heterocycles. The van der Waals surface area contributed by atoms with Crippen molar-refractivity contribution >= 4 is 11.7 Å². The van der Waals surface area contributed by atoms with Gasteiger partial charge < -0.3 is 11.5 Å². The van der Waals surface area contributed by atoms with Crippen LogP contribution in [0, 0.1) is 20.8 Å². The summed E-state index contributed by atoms with van der Waals surface area (Å²) in [5.41, 5.74) is 18.8. The maximum absolute atomic E-state index is 5.47. The number of hydrogen-bond donors (Lipinski definition) is 2. The van der Waals surface area contributed by atoms with E-state index in [1.54, 1.807) is 0 Å². The molecule has 4 N–H and O–H groups in total. The Bertz CT molecular complexity index is 832. The van der Waals surface area contributed by atoms with Gasteiger partial charge in [-0.3, -0.25) is 4.98 Å². The minimum Gasteiger partial charge on any atom is -0.369 e. The molecule has 0 fully saturated rings. The summed E-state index contributed by atoms with van der Waals surface area (Å²) in [7, 11) is 0. The van der Waals surface area contributed by atoms with Crippen LogP contribution in [0.25, 0.3) is 0 Å². The van der Waals surface area contributed by atoms with Gasteiger partial charge in [0.15, 0.2) is 0 Å². The Balaban J connectivity index is 2.12. The highest BCUT2D eigenvalue weighted by Gasteiger charge is 2.28. The van der Waals surface area contributed by atoms with Crippen molar-refractivity contribution in [2.24, 2.45) is 21.7 Å². The van der Waals surface area contributed by atoms with Crippen LogP contribution in [0.15, 0.2) is 40.5 Å². The maximum atomic E-state index is 5.47. The predicted molar refractivity (Wildman–Crippen MR) is 98.3 cm³/mol. The van der Waals surface area contributed by atoms with Crippen molar-refractivity contribution < 1.29 is 0 Å². The summed E-state index contributed by atoms with van der Waals surface area (Å²) in [6.07, 6.45) is 1.71. The zero-order valence-electron chi connectivity index (χ0n) is 14.4. The lowest BCUT2D eigenvalue weighted by Gasteiger charge is -2.27. The smallest absolute Gasteiger partial charge is 0.211 e. The molecule has 124 valence electrons. The summed E-state index contributed by atoms with van der Waals surface area (Å²) in [5, 5.41) is 8.23. The van der Waals surface area contributed by atoms with Gasteiger partial charge in [0, 0.05) is 11.3 Å². The van der Waals surface area contributed by atoms with Crippen LogP contribution < -0.4 is 11.5 Å². The van der Waals surface area contributed by atoms with E-state index in [4.69, 9.17) is 16.5 Å². The average molecular weight is 321 g/mol. The van der Waals surface area contributed by atoms with Crippen molar-refractivity contribution in [2.45, 2.75) is 39.5 Å². The number of guanidine groups is 1. The van der Waals surface area contributed by atoms with Crippen LogP contribution in [0.1, 0.15) is 46.0 Å². The fourth-order valence-electron chi connectivity index (χ4n) is 3.57. The number of fused-ring (bicyclic) bond motifs is 1. The van der Waals surface area contributed by atoms with Crippen molar-refractivity contribution in [1.82, 2.24) is 4.98 Å². The van der Waals surface area contributed by atoms with Gasteiger partial charge in [-0.1, -0.05) is 24.3 Å². The highest BCUT2D eigenvalue weighted by Crippen LogP contribution is 2.35. The van der Waals surface area contributed by atoms with E-state index in [1.165, 1.54) is 16.7 Å². The van der Waals surface area contributed by atoms with Crippen molar-refractivity contribution in [3.63, 3.8) is 0 Å². The lowest BCUT2D eigenvalue weighted by molar-refractivity contribution is 0.671. The third-order valence-electron chi connectivity index (χ3n) is 4.50. The number of benzene rings is 1. The maximum Gasteiger partial charge on any atom is 0.211 e. The first-order chi connectivity index (χ1) is 11.5. The van der Waals surface area contributed by atoms with E-state index in [0.29, 0.717) is 5.92 Å². The van der Waals surface area contributed by atoms with Gasteiger partial charge in [-0.05, 0) is 62.3 Å². The first-order valence-corrected chi connectivity index (χ1v) is 8.14. The zero-order chi connectivity index (χ0) is 17.3. The number of aromatic nitrogens is 1. The van der Waals surface area contributed by atoms with Crippen LogP contribution in [-0.2, 0) is 6.42 Å². The van der Waals surface area contributed by atoms with Crippen molar-refractivity contribution in [2.75, 3.05) is 0 Å². The quantitative estimate of drug-likeness (QED) is 0.506. The molecule has 0 saturated heterocycles. The number of nitrogens with zero attached hydrogens (tertiary/aromatic N) is 3. The molecule has 0 saturated carbocycles. The number of pyridine rings is 1. The van der Waals surface area contributed by atoms with Gasteiger partial charge in [0.25, 0.3) is 0 Å². The standard InChI is InChI=1S/C19H23N5/c1-11-6-4-5-7-15(11)14-9-16-18(12(2)8-13(3)22-16)17(10-14)23-24-19(20)21/h4-8,14H,9-10H2,1-3H3,(H4,20,21,24)/b23-17-. The monoisotopic (exact) mass is 321 g/mol. The Kier molecular flexibility index (Phi) is 4.34. The molecule has 1 aliphatic carbocycles. The van der Waals surface area contributed by atoms with E-state index in [2.05, 4.69) is 54.4 Å². The minimum atomic E-state index is -0.0280. The van der Waals surface area contributed by atoms with Gasteiger partial charge in [-0.25, -0.2) is 0 Å². The largest absolute Gasteiger partial charge is 0.369 e. The number of rotatable bonds is 2. The predicted octanol–water partition coefficient (Wildman–Crippen LogP) is 2.71. The van der Waals surface area contributed by atoms with Gasteiger partial charge in [-0.2, -0.15) is 5.10 Å². The highest BCUT2D eigenvalue weighted by atomic mass is 15.3. The van der Waals surface area contributed by atoms with Gasteiger partial charge in [0.2, 0.25) is 5.96 Å². The van der Waals surface area contributed by atoms with Crippen LogP contribution in [0.3, 0.4) is 0 Å². The molecule has 5 nitrogen and oxygen atoms in total. The summed E-state index contributed by atoms with van der Waals surface area (Å²) in [6.45, 7) is 6.26. The molecule has 1 aromatic carbocycles. The third kappa shape index (κ3) is 3.15. The van der Waals surface area contributed by atoms with Crippen molar-refractivity contribution in [3.8, 4) is 0 Å². The fourth-order valence-corrected chi connectivity index (χ4v) is 3.57. The molecule has 0 amide bonds. The van der Waals surface area contributed by atoms with E-state index in [1.807, 2.05) is 6.92 Å². The van der Waals surface area contributed by atoms with Gasteiger partial charge in [0.05, 0.1) is 11.4 Å². The van der Waals surface area contributed by atoms with Gasteiger partial charge >= 0.3 is 0 Å². The minimum absolute atomic E-state index is 0.0280. The number of nitrogens with two attached hydrogens (primary N) is 2. The van der Waals surface area contributed by atoms with Crippen LogP contribution in [0.2, 0.25) is 0 Å². The summed E-state index contributed by atoms with van der Waals surface area (Å²) in [4.78, 5) is 4.77. The number of hydrogen-bond acceptors (Lipinski definition) is 3. The van der Waals surface area contributed by atoms with E-state index < -0.39 is 0 Å². The molecule has 0 radical (unpaired) electrons. The average Bonchev–Trinajstić information content (AvgIpc) is 2.52. The lowest BCUT2D eigenvalue weighted by atomic mass is 9.78. The molecule has 1 unspecified atom stereocenters. The van der Waals surface area contributed by atoms with Crippen LogP contribution in [0.5, 0.6) is 0 Å². The van der Waals surface area contributed by atoms with Gasteiger partial charge in [0.1, 0.15) is 0 Å². The topological polar surface area (TPSA) is 89.6 Å². The van der Waals surface area contributed by atoms with E-state index in [0.717, 1.165) is 35.5 Å². The summed E-state index contributed by atoms with van der Waals surface area (Å²) in [5.74, 6) is 0.306. The van der Waals surface area contributed by atoms with Gasteiger partial charge in [-0.15, -0.1) is 5.10 Å². The first kappa shape index (κ1) is 16.2. The highest BCUT2D eigenvalue weighted by molar-refractivity contribution is 6.04. The van der Waals surface area contributed by atoms with Crippen LogP contribution >= 0.6 is 0 Å². The van der Waals surface area contributed by atoms with Crippen LogP contribution in [0.4, 0.5) is 0 Å². The summed E-state index contributed by atoms with van der Waals surface area (Å²) < 4.78 is 0. The Labute approximate surface area is 142 Å². The normalized spacial score (nSPS) is 18.3. The molecule has 3 rings (SSSR count). The molecule has 2 aromatic rings. The second-order valence-corrected chi connectivity index (χ2v) is 6.44. The van der Waals surface area contributed by atoms with Crippen molar-refractivity contribution in [3.05, 3.63) is 64.0 Å². The second kappa shape index (κ2) is 6.43. The summed E-state index contributed by atoms with van der Waals surface area (Å²) >= 11 is 0. The molecule has 0 bridgehead atoms. The van der Waals surface area contributed by atoms with E-state index in [-0.39, 0.29) is 5.96 Å². The lowest BCUT2D eigenvalue weighted by Crippen LogP contribution is -2.24. The molecule has 0 aliphatic heterocycles. The molecule has 24 heavy (non-hydrogen) atoms. The van der Waals surface area contributed by atoms with Crippen molar-refractivity contribution in [1.29, 1.82) is 0 Å². The molecular formula is C19H23N5. The molecule has 5 heteroatoms. The fraction of sp³-hybridized carbons (Fsp3) is 0.316. The Hall–Kier alpha value is -2.69. The molecule has 0 spiro atoms. The number of aryl methyl sites for hydroxylation is 3. The Morgan fingerprint density at radius 2 is 1.83 bits per heavy atom. The molecule has 1 aromatic heterocycles. The Morgan fingerprint density at radius 1 is 1.08 bits per heavy atom. The molecular weight excluding hydrogens is 298 g/mol. The molecule has 1 aliphatic rings.